The Balaban J connectivity index is 2.66. The Bertz CT molecular complexity index is 348. The molecular weight excluding hydrogens is 202 g/mol. The number of nitrogens with one attached hydrogen (secondary N) is 1. The van der Waals surface area contributed by atoms with Crippen LogP contribution >= 0.6 is 0 Å². The zero-order valence-corrected chi connectivity index (χ0v) is 9.39. The summed E-state index contributed by atoms with van der Waals surface area (Å²) in [5.74, 6) is -0.184. The second-order valence-electron chi connectivity index (χ2n) is 3.76. The lowest BCUT2D eigenvalue weighted by atomic mass is 10.0. The molecule has 0 heterocycles. The second kappa shape index (κ2) is 6.08. The van der Waals surface area contributed by atoms with Crippen molar-refractivity contribution in [1.82, 2.24) is 5.32 Å². The molecule has 0 saturated carbocycles. The number of hydrogen-bond acceptors (Lipinski definition) is 2. The van der Waals surface area contributed by atoms with Crippen molar-refractivity contribution in [1.29, 1.82) is 0 Å². The maximum absolute atomic E-state index is 11.8. The topological polar surface area (TPSA) is 49.3 Å². The Morgan fingerprint density at radius 3 is 2.62 bits per heavy atom. The molecular formula is C13H17NO2. The highest BCUT2D eigenvalue weighted by Gasteiger charge is 2.16. The van der Waals surface area contributed by atoms with Crippen LogP contribution in [0.1, 0.15) is 17.3 Å². The molecule has 0 radical (unpaired) electrons. The third-order valence-corrected chi connectivity index (χ3v) is 2.49. The van der Waals surface area contributed by atoms with Crippen molar-refractivity contribution in [2.75, 3.05) is 6.61 Å². The molecule has 3 nitrogen and oxygen atoms in total. The van der Waals surface area contributed by atoms with Gasteiger partial charge in [-0.2, -0.15) is 0 Å². The highest BCUT2D eigenvalue weighted by molar-refractivity contribution is 5.94. The van der Waals surface area contributed by atoms with Crippen molar-refractivity contribution < 1.29 is 9.90 Å². The van der Waals surface area contributed by atoms with Crippen LogP contribution in [-0.4, -0.2) is 23.7 Å². The number of carbonyl (C=O) groups excluding carboxylic acids is 1. The normalized spacial score (nSPS) is 13.9. The van der Waals surface area contributed by atoms with E-state index in [1.165, 1.54) is 0 Å². The summed E-state index contributed by atoms with van der Waals surface area (Å²) in [4.78, 5) is 11.8. The van der Waals surface area contributed by atoms with E-state index in [-0.39, 0.29) is 24.5 Å². The minimum absolute atomic E-state index is 0.0196. The SMILES string of the molecule is C=C[C@H](NC(=O)c1ccccc1)[C@H](C)CO. The zero-order valence-electron chi connectivity index (χ0n) is 9.39. The first-order valence-electron chi connectivity index (χ1n) is 5.28. The van der Waals surface area contributed by atoms with Crippen LogP contribution < -0.4 is 5.32 Å². The molecule has 0 spiro atoms. The largest absolute Gasteiger partial charge is 0.396 e. The number of rotatable bonds is 5. The number of benzene rings is 1. The first-order chi connectivity index (χ1) is 7.69. The molecule has 0 aliphatic heterocycles. The Morgan fingerprint density at radius 2 is 2.12 bits per heavy atom. The van der Waals surface area contributed by atoms with Gasteiger partial charge in [-0.05, 0) is 12.1 Å². The van der Waals surface area contributed by atoms with Crippen LogP contribution in [-0.2, 0) is 0 Å². The third-order valence-electron chi connectivity index (χ3n) is 2.49. The molecule has 1 aromatic carbocycles. The van der Waals surface area contributed by atoms with Crippen LogP contribution in [0.5, 0.6) is 0 Å². The number of aliphatic hydroxyl groups is 1. The van der Waals surface area contributed by atoms with E-state index >= 15 is 0 Å². The maximum atomic E-state index is 11.8. The number of amides is 1. The summed E-state index contributed by atoms with van der Waals surface area (Å²) in [6.07, 6.45) is 1.64. The molecule has 0 saturated heterocycles. The van der Waals surface area contributed by atoms with Crippen LogP contribution in [0, 0.1) is 5.92 Å². The Labute approximate surface area is 95.8 Å². The van der Waals surface area contributed by atoms with Gasteiger partial charge in [-0.25, -0.2) is 0 Å². The summed E-state index contributed by atoms with van der Waals surface area (Å²) in [5, 5.41) is 11.8. The molecule has 1 amide bonds. The van der Waals surface area contributed by atoms with Crippen LogP contribution in [0.2, 0.25) is 0 Å². The van der Waals surface area contributed by atoms with Gasteiger partial charge in [0, 0.05) is 18.1 Å². The maximum Gasteiger partial charge on any atom is 0.251 e. The molecule has 86 valence electrons. The van der Waals surface area contributed by atoms with Crippen LogP contribution in [0.3, 0.4) is 0 Å². The average molecular weight is 219 g/mol. The second-order valence-corrected chi connectivity index (χ2v) is 3.76. The molecule has 1 rings (SSSR count). The molecule has 0 bridgehead atoms. The molecule has 3 heteroatoms. The monoisotopic (exact) mass is 219 g/mol. The predicted molar refractivity (Wildman–Crippen MR) is 64.1 cm³/mol. The fourth-order valence-corrected chi connectivity index (χ4v) is 1.37. The summed E-state index contributed by atoms with van der Waals surface area (Å²) < 4.78 is 0. The van der Waals surface area contributed by atoms with Gasteiger partial charge in [-0.1, -0.05) is 31.2 Å². The molecule has 0 aliphatic carbocycles. The van der Waals surface area contributed by atoms with E-state index in [0.717, 1.165) is 0 Å². The van der Waals surface area contributed by atoms with E-state index in [1.54, 1.807) is 18.2 Å². The van der Waals surface area contributed by atoms with Crippen molar-refractivity contribution in [2.24, 2.45) is 5.92 Å². The minimum Gasteiger partial charge on any atom is -0.396 e. The lowest BCUT2D eigenvalue weighted by Crippen LogP contribution is -2.39. The summed E-state index contributed by atoms with van der Waals surface area (Å²) in [5.41, 5.74) is 0.611. The molecule has 0 aliphatic rings. The molecule has 2 N–H and O–H groups in total. The number of carbonyl (C=O) groups is 1. The van der Waals surface area contributed by atoms with Gasteiger partial charge in [0.05, 0.1) is 6.04 Å². The first-order valence-corrected chi connectivity index (χ1v) is 5.28. The van der Waals surface area contributed by atoms with Gasteiger partial charge in [0.1, 0.15) is 0 Å². The summed E-state index contributed by atoms with van der Waals surface area (Å²) in [7, 11) is 0. The number of hydrogen-bond donors (Lipinski definition) is 2. The highest BCUT2D eigenvalue weighted by atomic mass is 16.3. The third kappa shape index (κ3) is 3.21. The summed E-state index contributed by atoms with van der Waals surface area (Å²) >= 11 is 0. The van der Waals surface area contributed by atoms with Crippen molar-refractivity contribution in [3.8, 4) is 0 Å². The van der Waals surface area contributed by atoms with E-state index in [2.05, 4.69) is 11.9 Å². The van der Waals surface area contributed by atoms with Gasteiger partial charge in [-0.15, -0.1) is 6.58 Å². The van der Waals surface area contributed by atoms with Crippen molar-refractivity contribution >= 4 is 5.91 Å². The van der Waals surface area contributed by atoms with Crippen LogP contribution in [0.15, 0.2) is 43.0 Å². The molecule has 1 aromatic rings. The highest BCUT2D eigenvalue weighted by Crippen LogP contribution is 2.05. The Kier molecular flexibility index (Phi) is 4.73. The van der Waals surface area contributed by atoms with Gasteiger partial charge < -0.3 is 10.4 Å². The van der Waals surface area contributed by atoms with Gasteiger partial charge in [0.25, 0.3) is 5.91 Å². The van der Waals surface area contributed by atoms with Gasteiger partial charge in [0.2, 0.25) is 0 Å². The quantitative estimate of drug-likeness (QED) is 0.739. The van der Waals surface area contributed by atoms with E-state index in [4.69, 9.17) is 5.11 Å². The van der Waals surface area contributed by atoms with Gasteiger partial charge in [0.15, 0.2) is 0 Å². The van der Waals surface area contributed by atoms with Crippen molar-refractivity contribution in [2.45, 2.75) is 13.0 Å². The van der Waals surface area contributed by atoms with Gasteiger partial charge >= 0.3 is 0 Å². The smallest absolute Gasteiger partial charge is 0.251 e. The summed E-state index contributed by atoms with van der Waals surface area (Å²) in [6.45, 7) is 5.53. The standard InChI is InChI=1S/C13H17NO2/c1-3-12(10(2)9-15)14-13(16)11-7-5-4-6-8-11/h3-8,10,12,15H,1,9H2,2H3,(H,14,16)/t10-,12+/m1/s1. The Morgan fingerprint density at radius 1 is 1.50 bits per heavy atom. The molecule has 16 heavy (non-hydrogen) atoms. The van der Waals surface area contributed by atoms with Crippen molar-refractivity contribution in [3.05, 3.63) is 48.6 Å². The zero-order chi connectivity index (χ0) is 12.0. The predicted octanol–water partition coefficient (Wildman–Crippen LogP) is 1.60. The van der Waals surface area contributed by atoms with Crippen LogP contribution in [0.25, 0.3) is 0 Å². The summed E-state index contributed by atoms with van der Waals surface area (Å²) in [6, 6.07) is 8.77. The van der Waals surface area contributed by atoms with E-state index in [0.29, 0.717) is 5.56 Å². The molecule has 0 unspecified atom stereocenters. The minimum atomic E-state index is -0.210. The van der Waals surface area contributed by atoms with Crippen LogP contribution in [0.4, 0.5) is 0 Å². The van der Waals surface area contributed by atoms with E-state index in [1.807, 2.05) is 25.1 Å². The lowest BCUT2D eigenvalue weighted by Gasteiger charge is -2.20. The Hall–Kier alpha value is -1.61. The molecule has 0 aromatic heterocycles. The van der Waals surface area contributed by atoms with E-state index in [9.17, 15) is 4.79 Å². The van der Waals surface area contributed by atoms with Gasteiger partial charge in [-0.3, -0.25) is 4.79 Å². The first kappa shape index (κ1) is 12.5. The fraction of sp³-hybridized carbons (Fsp3) is 0.308. The fourth-order valence-electron chi connectivity index (χ4n) is 1.37. The molecule has 0 fully saturated rings. The lowest BCUT2D eigenvalue weighted by molar-refractivity contribution is 0.0925. The average Bonchev–Trinajstić information content (AvgIpc) is 2.35. The van der Waals surface area contributed by atoms with Crippen molar-refractivity contribution in [3.63, 3.8) is 0 Å². The van der Waals surface area contributed by atoms with E-state index < -0.39 is 0 Å². The molecule has 2 atom stereocenters. The number of aliphatic hydroxyl groups excluding tert-OH is 1.